The second-order valence-corrected chi connectivity index (χ2v) is 3.95. The van der Waals surface area contributed by atoms with Gasteiger partial charge in [-0.3, -0.25) is 4.79 Å². The number of aromatic amines is 1. The van der Waals surface area contributed by atoms with Gasteiger partial charge in [0.25, 0.3) is 0 Å². The summed E-state index contributed by atoms with van der Waals surface area (Å²) in [5, 5.41) is 1.38. The predicted molar refractivity (Wildman–Crippen MR) is 61.1 cm³/mol. The summed E-state index contributed by atoms with van der Waals surface area (Å²) in [6.45, 7) is 2.81. The van der Waals surface area contributed by atoms with Gasteiger partial charge in [0, 0.05) is 11.9 Å². The van der Waals surface area contributed by atoms with Crippen LogP contribution in [0, 0.1) is 6.92 Å². The van der Waals surface area contributed by atoms with Crippen molar-refractivity contribution in [3.8, 4) is 0 Å². The number of ether oxygens (including phenoxy) is 1. The molecule has 0 atom stereocenters. The van der Waals surface area contributed by atoms with Crippen LogP contribution in [0.4, 0.5) is 27.6 Å². The van der Waals surface area contributed by atoms with Crippen LogP contribution in [0.15, 0.2) is 6.20 Å². The highest BCUT2D eigenvalue weighted by molar-refractivity contribution is 6.04. The maximum Gasteiger partial charge on any atom is 0.463 e. The number of anilines is 1. The van der Waals surface area contributed by atoms with E-state index in [-0.39, 0.29) is 17.9 Å². The van der Waals surface area contributed by atoms with E-state index >= 15 is 0 Å². The van der Waals surface area contributed by atoms with Gasteiger partial charge in [-0.25, -0.2) is 4.79 Å². The predicted octanol–water partition coefficient (Wildman–Crippen LogP) is 2.64. The number of esters is 1. The molecule has 1 rings (SSSR count). The van der Waals surface area contributed by atoms with E-state index in [2.05, 4.69) is 9.72 Å². The largest absolute Gasteiger partial charge is 0.463 e. The highest BCUT2D eigenvalue weighted by Crippen LogP contribution is 2.36. The van der Waals surface area contributed by atoms with Gasteiger partial charge in [-0.2, -0.15) is 22.0 Å². The van der Waals surface area contributed by atoms with Crippen molar-refractivity contribution in [1.82, 2.24) is 4.98 Å². The minimum Gasteiger partial charge on any atom is -0.462 e. The van der Waals surface area contributed by atoms with Gasteiger partial charge in [-0.05, 0) is 13.8 Å². The molecule has 0 aromatic carbocycles. The van der Waals surface area contributed by atoms with Gasteiger partial charge in [0.2, 0.25) is 0 Å². The summed E-state index contributed by atoms with van der Waals surface area (Å²) >= 11 is 0. The molecule has 0 unspecified atom stereocenters. The van der Waals surface area contributed by atoms with Gasteiger partial charge in [-0.15, -0.1) is 0 Å². The third-order valence-corrected chi connectivity index (χ3v) is 2.45. The molecule has 0 saturated heterocycles. The molecule has 0 aliphatic rings. The average Bonchev–Trinajstić information content (AvgIpc) is 2.69. The normalized spacial score (nSPS) is 12.1. The molecule has 0 fully saturated rings. The van der Waals surface area contributed by atoms with Crippen molar-refractivity contribution < 1.29 is 36.3 Å². The van der Waals surface area contributed by atoms with Crippen LogP contribution < -0.4 is 5.32 Å². The number of aromatic nitrogens is 1. The summed E-state index contributed by atoms with van der Waals surface area (Å²) in [6, 6.07) is 0. The van der Waals surface area contributed by atoms with E-state index in [0.717, 1.165) is 6.20 Å². The number of halogens is 5. The Morgan fingerprint density at radius 1 is 1.29 bits per heavy atom. The number of H-pyrrole nitrogens is 1. The van der Waals surface area contributed by atoms with Crippen LogP contribution in [0.2, 0.25) is 0 Å². The summed E-state index contributed by atoms with van der Waals surface area (Å²) in [5.74, 6) is -9.12. The van der Waals surface area contributed by atoms with Crippen molar-refractivity contribution in [1.29, 1.82) is 0 Å². The van der Waals surface area contributed by atoms with E-state index < -0.39 is 29.7 Å². The highest BCUT2D eigenvalue weighted by Gasteiger charge is 2.63. The first-order valence-corrected chi connectivity index (χ1v) is 5.63. The van der Waals surface area contributed by atoms with Crippen LogP contribution in [0.5, 0.6) is 0 Å². The number of nitrogens with one attached hydrogen (secondary N) is 2. The van der Waals surface area contributed by atoms with Crippen LogP contribution in [-0.4, -0.2) is 35.6 Å². The number of aryl methyl sites for hydroxylation is 1. The zero-order chi connectivity index (χ0) is 16.4. The van der Waals surface area contributed by atoms with Gasteiger partial charge in [0.1, 0.15) is 5.56 Å². The Morgan fingerprint density at radius 2 is 1.86 bits per heavy atom. The summed E-state index contributed by atoms with van der Waals surface area (Å²) in [5.41, 5.74) is -0.679. The topological polar surface area (TPSA) is 71.2 Å². The molecule has 2 N–H and O–H groups in total. The summed E-state index contributed by atoms with van der Waals surface area (Å²) in [6.07, 6.45) is -5.11. The average molecular weight is 314 g/mol. The van der Waals surface area contributed by atoms with Gasteiger partial charge >= 0.3 is 24.0 Å². The molecule has 118 valence electrons. The minimum atomic E-state index is -6.04. The van der Waals surface area contributed by atoms with Crippen molar-refractivity contribution in [2.75, 3.05) is 11.9 Å². The van der Waals surface area contributed by atoms with E-state index in [1.165, 1.54) is 19.2 Å². The minimum absolute atomic E-state index is 0.0322. The fourth-order valence-electron chi connectivity index (χ4n) is 1.42. The lowest BCUT2D eigenvalue weighted by Gasteiger charge is -2.18. The van der Waals surface area contributed by atoms with Crippen LogP contribution in [-0.2, 0) is 9.53 Å². The zero-order valence-electron chi connectivity index (χ0n) is 10.9. The van der Waals surface area contributed by atoms with Gasteiger partial charge in [-0.1, -0.05) is 0 Å². The Hall–Kier alpha value is -2.13. The SMILES string of the molecule is CCOC(=O)c1c(NC(=O)C(F)(F)C(F)(F)F)c[nH]c1C. The molecule has 0 spiro atoms. The van der Waals surface area contributed by atoms with Crippen LogP contribution >= 0.6 is 0 Å². The van der Waals surface area contributed by atoms with E-state index in [4.69, 9.17) is 0 Å². The van der Waals surface area contributed by atoms with Crippen LogP contribution in [0.25, 0.3) is 0 Å². The Bertz CT molecular complexity index is 551. The molecule has 1 amide bonds. The van der Waals surface area contributed by atoms with Gasteiger partial charge < -0.3 is 15.0 Å². The fraction of sp³-hybridized carbons (Fsp3) is 0.455. The number of alkyl halides is 5. The van der Waals surface area contributed by atoms with E-state index in [0.29, 0.717) is 0 Å². The molecule has 0 aliphatic carbocycles. The molecule has 0 bridgehead atoms. The number of hydrogen-bond donors (Lipinski definition) is 2. The fourth-order valence-corrected chi connectivity index (χ4v) is 1.42. The lowest BCUT2D eigenvalue weighted by molar-refractivity contribution is -0.267. The Morgan fingerprint density at radius 3 is 2.33 bits per heavy atom. The lowest BCUT2D eigenvalue weighted by Crippen LogP contribution is -2.47. The molecule has 10 heteroatoms. The number of rotatable bonds is 4. The molecule has 1 aromatic heterocycles. The molecule has 5 nitrogen and oxygen atoms in total. The smallest absolute Gasteiger partial charge is 0.462 e. The second kappa shape index (κ2) is 5.70. The molecule has 0 radical (unpaired) electrons. The Labute approximate surface area is 115 Å². The first-order chi connectivity index (χ1) is 9.52. The Kier molecular flexibility index (Phi) is 4.59. The van der Waals surface area contributed by atoms with Gasteiger partial charge in [0.15, 0.2) is 0 Å². The summed E-state index contributed by atoms with van der Waals surface area (Å²) in [7, 11) is 0. The van der Waals surface area contributed by atoms with E-state index in [9.17, 15) is 31.5 Å². The maximum absolute atomic E-state index is 12.8. The van der Waals surface area contributed by atoms with Crippen molar-refractivity contribution in [2.24, 2.45) is 0 Å². The number of amides is 1. The molecule has 0 saturated carbocycles. The monoisotopic (exact) mass is 314 g/mol. The van der Waals surface area contributed by atoms with Crippen molar-refractivity contribution in [3.05, 3.63) is 17.5 Å². The van der Waals surface area contributed by atoms with E-state index in [1.807, 2.05) is 0 Å². The van der Waals surface area contributed by atoms with Crippen molar-refractivity contribution >= 4 is 17.6 Å². The first kappa shape index (κ1) is 16.9. The Balaban J connectivity index is 3.05. The number of carbonyl (C=O) groups is 2. The van der Waals surface area contributed by atoms with Crippen molar-refractivity contribution in [2.45, 2.75) is 25.9 Å². The van der Waals surface area contributed by atoms with Crippen LogP contribution in [0.3, 0.4) is 0 Å². The number of hydrogen-bond acceptors (Lipinski definition) is 3. The van der Waals surface area contributed by atoms with Crippen molar-refractivity contribution in [3.63, 3.8) is 0 Å². The second-order valence-electron chi connectivity index (χ2n) is 3.95. The van der Waals surface area contributed by atoms with E-state index in [1.54, 1.807) is 0 Å². The summed E-state index contributed by atoms with van der Waals surface area (Å²) < 4.78 is 66.5. The summed E-state index contributed by atoms with van der Waals surface area (Å²) in [4.78, 5) is 25.1. The standard InChI is InChI=1S/C11H11F5N2O3/c1-3-21-8(19)7-5(2)17-4-6(7)18-9(20)10(12,13)11(14,15)16/h4,17H,3H2,1-2H3,(H,18,20). The molecule has 1 heterocycles. The third-order valence-electron chi connectivity index (χ3n) is 2.45. The molecule has 1 aromatic rings. The highest BCUT2D eigenvalue weighted by atomic mass is 19.4. The molecular weight excluding hydrogens is 303 g/mol. The zero-order valence-corrected chi connectivity index (χ0v) is 10.9. The third kappa shape index (κ3) is 3.31. The first-order valence-electron chi connectivity index (χ1n) is 5.63. The lowest BCUT2D eigenvalue weighted by atomic mass is 10.2. The number of carbonyl (C=O) groups excluding carboxylic acids is 2. The molecular formula is C11H11F5N2O3. The maximum atomic E-state index is 12.8. The van der Waals surface area contributed by atoms with Gasteiger partial charge in [0.05, 0.1) is 12.3 Å². The quantitative estimate of drug-likeness (QED) is 0.663. The molecule has 21 heavy (non-hydrogen) atoms. The van der Waals surface area contributed by atoms with Crippen LogP contribution in [0.1, 0.15) is 23.0 Å². The molecule has 0 aliphatic heterocycles.